The summed E-state index contributed by atoms with van der Waals surface area (Å²) in [7, 11) is 4.07. The summed E-state index contributed by atoms with van der Waals surface area (Å²) in [6.07, 6.45) is 2.69. The van der Waals surface area contributed by atoms with E-state index < -0.39 is 0 Å². The minimum atomic E-state index is 0.792. The van der Waals surface area contributed by atoms with Crippen molar-refractivity contribution >= 4 is 16.5 Å². The molecule has 1 aromatic rings. The fourth-order valence-electron chi connectivity index (χ4n) is 1.05. The molecular formula is C8H12N2S. The average molecular weight is 168 g/mol. The molecular weight excluding hydrogens is 156 g/mol. The second kappa shape index (κ2) is 2.48. The molecule has 1 aliphatic carbocycles. The number of rotatable bonds is 2. The summed E-state index contributed by atoms with van der Waals surface area (Å²) in [5.74, 6) is 0.792. The lowest BCUT2D eigenvalue weighted by molar-refractivity contribution is 1.02. The number of anilines is 1. The van der Waals surface area contributed by atoms with Gasteiger partial charge in [0.15, 0.2) is 5.13 Å². The Kier molecular flexibility index (Phi) is 1.60. The highest BCUT2D eigenvalue weighted by Gasteiger charge is 2.26. The van der Waals surface area contributed by atoms with Crippen molar-refractivity contribution in [1.82, 2.24) is 4.98 Å². The van der Waals surface area contributed by atoms with Gasteiger partial charge in [-0.2, -0.15) is 0 Å². The molecule has 0 unspecified atom stereocenters. The Morgan fingerprint density at radius 3 is 2.73 bits per heavy atom. The van der Waals surface area contributed by atoms with Gasteiger partial charge in [0.1, 0.15) is 0 Å². The minimum Gasteiger partial charge on any atom is -0.354 e. The minimum absolute atomic E-state index is 0.792. The second-order valence-electron chi connectivity index (χ2n) is 3.22. The highest BCUT2D eigenvalue weighted by molar-refractivity contribution is 7.13. The van der Waals surface area contributed by atoms with Gasteiger partial charge >= 0.3 is 0 Å². The Balaban J connectivity index is 2.18. The summed E-state index contributed by atoms with van der Waals surface area (Å²) >= 11 is 1.74. The van der Waals surface area contributed by atoms with Gasteiger partial charge in [0.2, 0.25) is 0 Å². The maximum absolute atomic E-state index is 4.52. The zero-order chi connectivity index (χ0) is 7.84. The highest BCUT2D eigenvalue weighted by Crippen LogP contribution is 2.41. The smallest absolute Gasteiger partial charge is 0.184 e. The van der Waals surface area contributed by atoms with Crippen molar-refractivity contribution in [2.45, 2.75) is 18.8 Å². The first-order valence-electron chi connectivity index (χ1n) is 3.90. The van der Waals surface area contributed by atoms with Crippen LogP contribution in [0.4, 0.5) is 5.13 Å². The van der Waals surface area contributed by atoms with E-state index in [2.05, 4.69) is 15.3 Å². The summed E-state index contributed by atoms with van der Waals surface area (Å²) in [5, 5.41) is 3.32. The molecule has 1 aromatic heterocycles. The van der Waals surface area contributed by atoms with Crippen LogP contribution in [-0.2, 0) is 0 Å². The van der Waals surface area contributed by atoms with E-state index in [1.807, 2.05) is 14.1 Å². The van der Waals surface area contributed by atoms with Gasteiger partial charge in [-0.3, -0.25) is 0 Å². The quantitative estimate of drug-likeness (QED) is 0.672. The fourth-order valence-corrected chi connectivity index (χ4v) is 1.89. The molecule has 2 nitrogen and oxygen atoms in total. The van der Waals surface area contributed by atoms with E-state index in [9.17, 15) is 0 Å². The normalized spacial score (nSPS) is 16.9. The van der Waals surface area contributed by atoms with Crippen molar-refractivity contribution < 1.29 is 0 Å². The predicted molar refractivity (Wildman–Crippen MR) is 48.4 cm³/mol. The van der Waals surface area contributed by atoms with Gasteiger partial charge in [0, 0.05) is 25.4 Å². The molecule has 0 aromatic carbocycles. The van der Waals surface area contributed by atoms with Crippen LogP contribution >= 0.6 is 11.3 Å². The molecule has 0 bridgehead atoms. The lowest BCUT2D eigenvalue weighted by atomic mass is 10.3. The first kappa shape index (κ1) is 7.10. The number of thiazole rings is 1. The molecule has 60 valence electrons. The van der Waals surface area contributed by atoms with E-state index >= 15 is 0 Å². The molecule has 0 aliphatic heterocycles. The largest absolute Gasteiger partial charge is 0.354 e. The molecule has 1 heterocycles. The lowest BCUT2D eigenvalue weighted by Gasteiger charge is -2.05. The molecule has 1 fully saturated rings. The third-order valence-electron chi connectivity index (χ3n) is 1.89. The van der Waals surface area contributed by atoms with E-state index in [-0.39, 0.29) is 0 Å². The van der Waals surface area contributed by atoms with Crippen molar-refractivity contribution in [3.8, 4) is 0 Å². The number of aromatic nitrogens is 1. The van der Waals surface area contributed by atoms with Gasteiger partial charge in [-0.1, -0.05) is 0 Å². The molecule has 0 spiro atoms. The molecule has 0 amide bonds. The SMILES string of the molecule is CN(C)c1nc(C2CC2)cs1. The fraction of sp³-hybridized carbons (Fsp3) is 0.625. The summed E-state index contributed by atoms with van der Waals surface area (Å²) < 4.78 is 0. The maximum atomic E-state index is 4.52. The predicted octanol–water partition coefficient (Wildman–Crippen LogP) is 2.09. The number of nitrogens with zero attached hydrogens (tertiary/aromatic N) is 2. The van der Waals surface area contributed by atoms with Crippen LogP contribution in [0.25, 0.3) is 0 Å². The Morgan fingerprint density at radius 2 is 2.27 bits per heavy atom. The third-order valence-corrected chi connectivity index (χ3v) is 2.91. The van der Waals surface area contributed by atoms with E-state index in [1.165, 1.54) is 18.5 Å². The van der Waals surface area contributed by atoms with E-state index in [1.54, 1.807) is 11.3 Å². The van der Waals surface area contributed by atoms with Crippen LogP contribution in [0.5, 0.6) is 0 Å². The van der Waals surface area contributed by atoms with E-state index in [0.717, 1.165) is 11.0 Å². The van der Waals surface area contributed by atoms with Crippen LogP contribution in [0.2, 0.25) is 0 Å². The van der Waals surface area contributed by atoms with Crippen molar-refractivity contribution in [3.05, 3.63) is 11.1 Å². The van der Waals surface area contributed by atoms with Gasteiger partial charge in [0.05, 0.1) is 5.69 Å². The van der Waals surface area contributed by atoms with Crippen molar-refractivity contribution in [2.75, 3.05) is 19.0 Å². The molecule has 0 radical (unpaired) electrons. The van der Waals surface area contributed by atoms with Gasteiger partial charge in [-0.25, -0.2) is 4.98 Å². The molecule has 11 heavy (non-hydrogen) atoms. The van der Waals surface area contributed by atoms with Crippen LogP contribution in [0, 0.1) is 0 Å². The third kappa shape index (κ3) is 1.38. The van der Waals surface area contributed by atoms with E-state index in [0.29, 0.717) is 0 Å². The number of hydrogen-bond donors (Lipinski definition) is 0. The molecule has 0 saturated heterocycles. The van der Waals surface area contributed by atoms with Gasteiger partial charge in [-0.05, 0) is 12.8 Å². The Hall–Kier alpha value is -0.570. The molecule has 0 N–H and O–H groups in total. The first-order valence-corrected chi connectivity index (χ1v) is 4.78. The van der Waals surface area contributed by atoms with Crippen LogP contribution in [0.3, 0.4) is 0 Å². The average Bonchev–Trinajstić information content (AvgIpc) is 2.68. The highest BCUT2D eigenvalue weighted by atomic mass is 32.1. The van der Waals surface area contributed by atoms with Gasteiger partial charge < -0.3 is 4.90 Å². The molecule has 1 aliphatic rings. The zero-order valence-corrected chi connectivity index (χ0v) is 7.69. The van der Waals surface area contributed by atoms with Crippen LogP contribution in [-0.4, -0.2) is 19.1 Å². The summed E-state index contributed by atoms with van der Waals surface area (Å²) in [5.41, 5.74) is 1.30. The van der Waals surface area contributed by atoms with Crippen LogP contribution < -0.4 is 4.90 Å². The standard InChI is InChI=1S/C8H12N2S/c1-10(2)8-9-7(5-11-8)6-3-4-6/h5-6H,3-4H2,1-2H3. The zero-order valence-electron chi connectivity index (χ0n) is 6.87. The van der Waals surface area contributed by atoms with Gasteiger partial charge in [-0.15, -0.1) is 11.3 Å². The molecule has 0 atom stereocenters. The summed E-state index contributed by atoms with van der Waals surface area (Å²) in [6.45, 7) is 0. The Labute approximate surface area is 70.9 Å². The molecule has 1 saturated carbocycles. The lowest BCUT2D eigenvalue weighted by Crippen LogP contribution is -2.07. The topological polar surface area (TPSA) is 16.1 Å². The van der Waals surface area contributed by atoms with E-state index in [4.69, 9.17) is 0 Å². The number of hydrogen-bond acceptors (Lipinski definition) is 3. The maximum Gasteiger partial charge on any atom is 0.184 e. The first-order chi connectivity index (χ1) is 5.27. The Morgan fingerprint density at radius 1 is 1.55 bits per heavy atom. The second-order valence-corrected chi connectivity index (χ2v) is 4.06. The summed E-state index contributed by atoms with van der Waals surface area (Å²) in [6, 6.07) is 0. The summed E-state index contributed by atoms with van der Waals surface area (Å²) in [4.78, 5) is 6.58. The van der Waals surface area contributed by atoms with Crippen LogP contribution in [0.1, 0.15) is 24.5 Å². The van der Waals surface area contributed by atoms with Crippen molar-refractivity contribution in [2.24, 2.45) is 0 Å². The monoisotopic (exact) mass is 168 g/mol. The molecule has 2 rings (SSSR count). The Bertz CT molecular complexity index is 234. The van der Waals surface area contributed by atoms with Gasteiger partial charge in [0.25, 0.3) is 0 Å². The molecule has 3 heteroatoms. The van der Waals surface area contributed by atoms with Crippen molar-refractivity contribution in [1.29, 1.82) is 0 Å². The van der Waals surface area contributed by atoms with Crippen molar-refractivity contribution in [3.63, 3.8) is 0 Å². The van der Waals surface area contributed by atoms with Crippen LogP contribution in [0.15, 0.2) is 5.38 Å².